The largest absolute Gasteiger partial charge is 0.331 e. The number of hydrogen-bond donors (Lipinski definition) is 2. The Bertz CT molecular complexity index is 693. The summed E-state index contributed by atoms with van der Waals surface area (Å²) in [4.78, 5) is 13.1. The highest BCUT2D eigenvalue weighted by molar-refractivity contribution is 7.99. The van der Waals surface area contributed by atoms with Gasteiger partial charge in [0.2, 0.25) is 0 Å². The first-order chi connectivity index (χ1) is 10.6. The van der Waals surface area contributed by atoms with Crippen molar-refractivity contribution in [3.63, 3.8) is 0 Å². The highest BCUT2D eigenvalue weighted by Gasteiger charge is 2.22. The lowest BCUT2D eigenvalue weighted by atomic mass is 10.0. The molecule has 22 heavy (non-hydrogen) atoms. The maximum absolute atomic E-state index is 13.4. The summed E-state index contributed by atoms with van der Waals surface area (Å²) in [6, 6.07) is 11.1. The smallest absolute Gasteiger partial charge is 0.319 e. The van der Waals surface area contributed by atoms with E-state index in [-0.39, 0.29) is 17.9 Å². The van der Waals surface area contributed by atoms with Crippen LogP contribution in [-0.4, -0.2) is 11.8 Å². The number of nitrogens with one attached hydrogen (secondary N) is 2. The van der Waals surface area contributed by atoms with Crippen molar-refractivity contribution in [3.05, 3.63) is 58.9 Å². The molecule has 114 valence electrons. The minimum absolute atomic E-state index is 0.181. The molecule has 0 radical (unpaired) electrons. The van der Waals surface area contributed by atoms with Gasteiger partial charge in [0.25, 0.3) is 0 Å². The van der Waals surface area contributed by atoms with Gasteiger partial charge < -0.3 is 10.6 Å². The van der Waals surface area contributed by atoms with Gasteiger partial charge in [-0.1, -0.05) is 11.6 Å². The first-order valence-electron chi connectivity index (χ1n) is 6.87. The van der Waals surface area contributed by atoms with E-state index in [2.05, 4.69) is 10.6 Å². The van der Waals surface area contributed by atoms with Gasteiger partial charge in [0.1, 0.15) is 5.82 Å². The highest BCUT2D eigenvalue weighted by Crippen LogP contribution is 2.36. The van der Waals surface area contributed by atoms with Crippen LogP contribution >= 0.6 is 23.4 Å². The number of rotatable bonds is 2. The average Bonchev–Trinajstić information content (AvgIpc) is 2.50. The van der Waals surface area contributed by atoms with Gasteiger partial charge >= 0.3 is 6.03 Å². The molecule has 1 aliphatic heterocycles. The van der Waals surface area contributed by atoms with Crippen LogP contribution in [0.3, 0.4) is 0 Å². The molecule has 3 rings (SSSR count). The van der Waals surface area contributed by atoms with Crippen molar-refractivity contribution in [2.45, 2.75) is 17.4 Å². The molecule has 0 aliphatic carbocycles. The molecule has 3 nitrogen and oxygen atoms in total. The second-order valence-corrected chi connectivity index (χ2v) is 6.55. The molecule has 1 heterocycles. The predicted octanol–water partition coefficient (Wildman–Crippen LogP) is 4.84. The summed E-state index contributed by atoms with van der Waals surface area (Å²) in [5.41, 5.74) is 1.49. The Kier molecular flexibility index (Phi) is 4.55. The van der Waals surface area contributed by atoms with E-state index < -0.39 is 0 Å². The average molecular weight is 337 g/mol. The summed E-state index contributed by atoms with van der Waals surface area (Å²) in [5, 5.41) is 6.27. The number of benzene rings is 2. The minimum Gasteiger partial charge on any atom is -0.331 e. The van der Waals surface area contributed by atoms with E-state index >= 15 is 0 Å². The summed E-state index contributed by atoms with van der Waals surface area (Å²) in [6.07, 6.45) is 0.773. The van der Waals surface area contributed by atoms with Crippen molar-refractivity contribution in [1.82, 2.24) is 5.32 Å². The van der Waals surface area contributed by atoms with Crippen LogP contribution < -0.4 is 10.6 Å². The molecule has 0 saturated heterocycles. The number of halogens is 2. The first-order valence-corrected chi connectivity index (χ1v) is 8.23. The second kappa shape index (κ2) is 6.58. The van der Waals surface area contributed by atoms with Crippen molar-refractivity contribution < 1.29 is 9.18 Å². The molecule has 0 aromatic heterocycles. The fourth-order valence-corrected chi connectivity index (χ4v) is 3.61. The Morgan fingerprint density at radius 1 is 1.23 bits per heavy atom. The van der Waals surface area contributed by atoms with Crippen LogP contribution in [0.2, 0.25) is 5.02 Å². The number of urea groups is 1. The molecular weight excluding hydrogens is 323 g/mol. The van der Waals surface area contributed by atoms with Crippen molar-refractivity contribution in [1.29, 1.82) is 0 Å². The second-order valence-electron chi connectivity index (χ2n) is 4.98. The Labute approximate surface area is 137 Å². The lowest BCUT2D eigenvalue weighted by Gasteiger charge is -2.26. The number of hydrogen-bond acceptors (Lipinski definition) is 2. The molecular formula is C16H14ClFN2OS. The summed E-state index contributed by atoms with van der Waals surface area (Å²) in [6.45, 7) is 0. The van der Waals surface area contributed by atoms with Crippen LogP contribution in [-0.2, 0) is 0 Å². The topological polar surface area (TPSA) is 41.1 Å². The maximum atomic E-state index is 13.4. The highest BCUT2D eigenvalue weighted by atomic mass is 35.5. The van der Waals surface area contributed by atoms with Gasteiger partial charge in [-0.15, -0.1) is 11.8 Å². The number of carbonyl (C=O) groups excluding carboxylic acids is 1. The molecule has 2 aromatic carbocycles. The van der Waals surface area contributed by atoms with E-state index in [9.17, 15) is 9.18 Å². The Morgan fingerprint density at radius 3 is 2.77 bits per heavy atom. The van der Waals surface area contributed by atoms with Crippen molar-refractivity contribution in [2.24, 2.45) is 0 Å². The summed E-state index contributed by atoms with van der Waals surface area (Å²) >= 11 is 7.49. The Hall–Kier alpha value is -1.72. The monoisotopic (exact) mass is 336 g/mol. The summed E-state index contributed by atoms with van der Waals surface area (Å²) < 4.78 is 13.4. The summed E-state index contributed by atoms with van der Waals surface area (Å²) in [5.74, 6) is 0.607. The van der Waals surface area contributed by atoms with Crippen LogP contribution in [0.5, 0.6) is 0 Å². The third kappa shape index (κ3) is 3.54. The van der Waals surface area contributed by atoms with E-state index in [0.717, 1.165) is 22.6 Å². The van der Waals surface area contributed by atoms with E-state index in [4.69, 9.17) is 11.6 Å². The lowest BCUT2D eigenvalue weighted by molar-refractivity contribution is 0.248. The number of carbonyl (C=O) groups is 1. The van der Waals surface area contributed by atoms with E-state index in [0.29, 0.717) is 10.7 Å². The number of anilines is 1. The van der Waals surface area contributed by atoms with Crippen LogP contribution in [0.1, 0.15) is 18.0 Å². The van der Waals surface area contributed by atoms with Gasteiger partial charge in [0.05, 0.1) is 6.04 Å². The zero-order chi connectivity index (χ0) is 15.5. The van der Waals surface area contributed by atoms with Gasteiger partial charge in [0, 0.05) is 21.4 Å². The Morgan fingerprint density at radius 2 is 2.00 bits per heavy atom. The zero-order valence-electron chi connectivity index (χ0n) is 11.6. The van der Waals surface area contributed by atoms with Gasteiger partial charge in [0.15, 0.2) is 0 Å². The third-order valence-electron chi connectivity index (χ3n) is 3.42. The molecule has 2 N–H and O–H groups in total. The fourth-order valence-electron chi connectivity index (χ4n) is 2.37. The standard InChI is InChI=1S/C16H14ClFN2OS/c17-10-1-4-12(5-2-10)19-16(21)20-14-7-8-22-15-6-3-11(18)9-13(14)15/h1-6,9,14H,7-8H2,(H2,19,20,21)/t14-/m0/s1. The number of fused-ring (bicyclic) bond motifs is 1. The SMILES string of the molecule is O=C(Nc1ccc(Cl)cc1)N[C@H]1CCSc2ccc(F)cc21. The molecule has 0 bridgehead atoms. The molecule has 0 unspecified atom stereocenters. The third-order valence-corrected chi connectivity index (χ3v) is 4.79. The van der Waals surface area contributed by atoms with Crippen molar-refractivity contribution in [3.8, 4) is 0 Å². The first kappa shape index (κ1) is 15.2. The molecule has 0 spiro atoms. The molecule has 1 aliphatic rings. The van der Waals surface area contributed by atoms with Crippen LogP contribution in [0.15, 0.2) is 47.4 Å². The maximum Gasteiger partial charge on any atom is 0.319 e. The van der Waals surface area contributed by atoms with Crippen LogP contribution in [0.25, 0.3) is 0 Å². The number of thioether (sulfide) groups is 1. The van der Waals surface area contributed by atoms with Crippen LogP contribution in [0, 0.1) is 5.82 Å². The molecule has 6 heteroatoms. The Balaban J connectivity index is 1.70. The molecule has 0 fully saturated rings. The normalized spacial score (nSPS) is 16.7. The summed E-state index contributed by atoms with van der Waals surface area (Å²) in [7, 11) is 0. The van der Waals surface area contributed by atoms with Crippen molar-refractivity contribution in [2.75, 3.05) is 11.1 Å². The lowest BCUT2D eigenvalue weighted by Crippen LogP contribution is -2.34. The quantitative estimate of drug-likeness (QED) is 0.824. The predicted molar refractivity (Wildman–Crippen MR) is 88.1 cm³/mol. The zero-order valence-corrected chi connectivity index (χ0v) is 13.2. The number of amides is 2. The minimum atomic E-state index is -0.311. The van der Waals surface area contributed by atoms with Gasteiger partial charge in [-0.25, -0.2) is 9.18 Å². The fraction of sp³-hybridized carbons (Fsp3) is 0.188. The van der Waals surface area contributed by atoms with E-state index in [1.54, 1.807) is 42.1 Å². The van der Waals surface area contributed by atoms with Crippen molar-refractivity contribution >= 4 is 35.1 Å². The molecule has 1 atom stereocenters. The molecule has 2 aromatic rings. The van der Waals surface area contributed by atoms with Gasteiger partial charge in [-0.05, 0) is 54.4 Å². The van der Waals surface area contributed by atoms with E-state index in [1.807, 2.05) is 0 Å². The molecule has 2 amide bonds. The van der Waals surface area contributed by atoms with Gasteiger partial charge in [-0.3, -0.25) is 0 Å². The van der Waals surface area contributed by atoms with Crippen LogP contribution in [0.4, 0.5) is 14.9 Å². The molecule has 0 saturated carbocycles. The van der Waals surface area contributed by atoms with E-state index in [1.165, 1.54) is 12.1 Å². The van der Waals surface area contributed by atoms with Gasteiger partial charge in [-0.2, -0.15) is 0 Å².